The third-order valence-electron chi connectivity index (χ3n) is 4.84. The van der Waals surface area contributed by atoms with Crippen LogP contribution < -0.4 is 5.32 Å². The van der Waals surface area contributed by atoms with E-state index in [0.717, 1.165) is 18.4 Å². The van der Waals surface area contributed by atoms with Crippen molar-refractivity contribution in [3.8, 4) is 0 Å². The topological polar surface area (TPSA) is 46.9 Å². The number of nitrogens with one attached hydrogen (secondary N) is 1. The van der Waals surface area contributed by atoms with Crippen LogP contribution in [0.4, 0.5) is 4.39 Å². The molecule has 1 aromatic heterocycles. The number of rotatable bonds is 8. The van der Waals surface area contributed by atoms with E-state index < -0.39 is 6.04 Å². The Hall–Kier alpha value is -2.11. The minimum atomic E-state index is -0.462. The molecule has 1 heterocycles. The number of imidazole rings is 1. The third kappa shape index (κ3) is 4.73. The fourth-order valence-electron chi connectivity index (χ4n) is 3.44. The van der Waals surface area contributed by atoms with E-state index in [1.165, 1.54) is 6.07 Å². The number of carbonyl (C=O) groups excluding carboxylic acids is 1. The lowest BCUT2D eigenvalue weighted by Gasteiger charge is -2.21. The molecule has 2 aromatic carbocycles. The number of nitrogens with zero attached hydrogens (tertiary/aromatic N) is 2. The molecule has 0 spiro atoms. The van der Waals surface area contributed by atoms with Gasteiger partial charge in [-0.25, -0.2) is 9.37 Å². The molecular weight excluding hydrogens is 412 g/mol. The Labute approximate surface area is 180 Å². The second-order valence-corrected chi connectivity index (χ2v) is 7.83. The molecule has 7 heteroatoms. The summed E-state index contributed by atoms with van der Waals surface area (Å²) in [7, 11) is 0. The van der Waals surface area contributed by atoms with Crippen LogP contribution in [0.3, 0.4) is 0 Å². The van der Waals surface area contributed by atoms with E-state index in [0.29, 0.717) is 39.9 Å². The molecule has 0 radical (unpaired) electrons. The lowest BCUT2D eigenvalue weighted by Crippen LogP contribution is -2.33. The number of halogens is 3. The number of carbonyl (C=O) groups is 1. The standard InChI is InChI=1S/C22H24Cl2FN3O/c1-3-7-19(22(29)26-10-4-2)28-20-13-16(24)15(23)12-18(20)27-21(28)11-14-8-5-6-9-17(14)25/h5-6,8-9,12-13,19H,3-4,7,10-11H2,1-2H3,(H,26,29). The lowest BCUT2D eigenvalue weighted by molar-refractivity contribution is -0.124. The number of amides is 1. The van der Waals surface area contributed by atoms with Crippen LogP contribution in [-0.2, 0) is 11.2 Å². The van der Waals surface area contributed by atoms with E-state index in [1.807, 2.05) is 18.4 Å². The quantitative estimate of drug-likeness (QED) is 0.475. The van der Waals surface area contributed by atoms with Crippen molar-refractivity contribution in [3.05, 3.63) is 63.6 Å². The van der Waals surface area contributed by atoms with Crippen LogP contribution in [0.5, 0.6) is 0 Å². The Morgan fingerprint density at radius 1 is 1.17 bits per heavy atom. The van der Waals surface area contributed by atoms with Crippen molar-refractivity contribution in [1.82, 2.24) is 14.9 Å². The second kappa shape index (κ2) is 9.59. The van der Waals surface area contributed by atoms with Gasteiger partial charge in [-0.05, 0) is 36.6 Å². The number of aromatic nitrogens is 2. The van der Waals surface area contributed by atoms with Gasteiger partial charge in [0.1, 0.15) is 17.7 Å². The van der Waals surface area contributed by atoms with Crippen molar-refractivity contribution in [1.29, 1.82) is 0 Å². The number of benzene rings is 2. The molecule has 1 N–H and O–H groups in total. The fraction of sp³-hybridized carbons (Fsp3) is 0.364. The van der Waals surface area contributed by atoms with Crippen LogP contribution >= 0.6 is 23.2 Å². The zero-order chi connectivity index (χ0) is 21.0. The van der Waals surface area contributed by atoms with Gasteiger partial charge >= 0.3 is 0 Å². The van der Waals surface area contributed by atoms with Gasteiger partial charge in [-0.1, -0.05) is 61.7 Å². The van der Waals surface area contributed by atoms with Crippen molar-refractivity contribution in [2.24, 2.45) is 0 Å². The Bertz CT molecular complexity index is 1020. The van der Waals surface area contributed by atoms with Crippen molar-refractivity contribution >= 4 is 40.1 Å². The number of hydrogen-bond donors (Lipinski definition) is 1. The molecule has 1 amide bonds. The lowest BCUT2D eigenvalue weighted by atomic mass is 10.1. The first-order valence-electron chi connectivity index (χ1n) is 9.83. The van der Waals surface area contributed by atoms with Crippen molar-refractivity contribution in [2.45, 2.75) is 45.6 Å². The molecule has 154 valence electrons. The van der Waals surface area contributed by atoms with Gasteiger partial charge < -0.3 is 9.88 Å². The first-order chi connectivity index (χ1) is 14.0. The highest BCUT2D eigenvalue weighted by atomic mass is 35.5. The van der Waals surface area contributed by atoms with Gasteiger partial charge in [0.25, 0.3) is 0 Å². The molecule has 0 saturated heterocycles. The fourth-order valence-corrected chi connectivity index (χ4v) is 3.76. The van der Waals surface area contributed by atoms with Crippen LogP contribution in [0, 0.1) is 5.82 Å². The summed E-state index contributed by atoms with van der Waals surface area (Å²) >= 11 is 12.5. The van der Waals surface area contributed by atoms with Crippen LogP contribution in [0.25, 0.3) is 11.0 Å². The Balaban J connectivity index is 2.16. The molecule has 1 unspecified atom stereocenters. The smallest absolute Gasteiger partial charge is 0.243 e. The highest BCUT2D eigenvalue weighted by molar-refractivity contribution is 6.42. The minimum absolute atomic E-state index is 0.0751. The minimum Gasteiger partial charge on any atom is -0.354 e. The third-order valence-corrected chi connectivity index (χ3v) is 5.56. The van der Waals surface area contributed by atoms with Crippen molar-refractivity contribution < 1.29 is 9.18 Å². The number of fused-ring (bicyclic) bond motifs is 1. The number of hydrogen-bond acceptors (Lipinski definition) is 2. The first kappa shape index (κ1) is 21.6. The molecule has 29 heavy (non-hydrogen) atoms. The van der Waals surface area contributed by atoms with Gasteiger partial charge in [0, 0.05) is 13.0 Å². The van der Waals surface area contributed by atoms with Gasteiger partial charge in [0.05, 0.1) is 21.1 Å². The highest BCUT2D eigenvalue weighted by Crippen LogP contribution is 2.32. The molecule has 0 aliphatic carbocycles. The van der Waals surface area contributed by atoms with Gasteiger partial charge in [-0.3, -0.25) is 4.79 Å². The second-order valence-electron chi connectivity index (χ2n) is 7.02. The predicted molar refractivity (Wildman–Crippen MR) is 116 cm³/mol. The molecule has 0 aliphatic heterocycles. The summed E-state index contributed by atoms with van der Waals surface area (Å²) in [4.78, 5) is 17.7. The zero-order valence-electron chi connectivity index (χ0n) is 16.5. The summed E-state index contributed by atoms with van der Waals surface area (Å²) in [5, 5.41) is 3.76. The van der Waals surface area contributed by atoms with Gasteiger partial charge in [-0.15, -0.1) is 0 Å². The van der Waals surface area contributed by atoms with Crippen LogP contribution in [0.15, 0.2) is 36.4 Å². The SMILES string of the molecule is CCCNC(=O)C(CCC)n1c(Cc2ccccc2F)nc2cc(Cl)c(Cl)cc21. The maximum Gasteiger partial charge on any atom is 0.243 e. The summed E-state index contributed by atoms with van der Waals surface area (Å²) in [6.45, 7) is 4.63. The van der Waals surface area contributed by atoms with Crippen LogP contribution in [-0.4, -0.2) is 22.0 Å². The van der Waals surface area contributed by atoms with E-state index in [4.69, 9.17) is 28.2 Å². The zero-order valence-corrected chi connectivity index (χ0v) is 18.0. The summed E-state index contributed by atoms with van der Waals surface area (Å²) in [6.07, 6.45) is 2.55. The Morgan fingerprint density at radius 3 is 2.59 bits per heavy atom. The van der Waals surface area contributed by atoms with Crippen molar-refractivity contribution in [3.63, 3.8) is 0 Å². The molecule has 0 aliphatic rings. The first-order valence-corrected chi connectivity index (χ1v) is 10.6. The summed E-state index contributed by atoms with van der Waals surface area (Å²) in [5.41, 5.74) is 1.87. The normalized spacial score (nSPS) is 12.3. The van der Waals surface area contributed by atoms with Gasteiger partial charge in [0.15, 0.2) is 0 Å². The Kier molecular flexibility index (Phi) is 7.14. The molecule has 3 rings (SSSR count). The summed E-state index contributed by atoms with van der Waals surface area (Å²) in [6, 6.07) is 9.55. The maximum absolute atomic E-state index is 14.3. The molecule has 0 bridgehead atoms. The van der Waals surface area contributed by atoms with E-state index in [9.17, 15) is 9.18 Å². The molecule has 3 aromatic rings. The van der Waals surface area contributed by atoms with E-state index in [1.54, 1.807) is 30.3 Å². The van der Waals surface area contributed by atoms with Crippen LogP contribution in [0.2, 0.25) is 10.0 Å². The molecule has 0 saturated carbocycles. The van der Waals surface area contributed by atoms with Gasteiger partial charge in [-0.2, -0.15) is 0 Å². The maximum atomic E-state index is 14.3. The average molecular weight is 436 g/mol. The van der Waals surface area contributed by atoms with Gasteiger partial charge in [0.2, 0.25) is 5.91 Å². The predicted octanol–water partition coefficient (Wildman–Crippen LogP) is 5.94. The van der Waals surface area contributed by atoms with Crippen molar-refractivity contribution in [2.75, 3.05) is 6.54 Å². The summed E-state index contributed by atoms with van der Waals surface area (Å²) in [5.74, 6) is 0.229. The molecule has 4 nitrogen and oxygen atoms in total. The monoisotopic (exact) mass is 435 g/mol. The van der Waals surface area contributed by atoms with Crippen LogP contribution in [0.1, 0.15) is 50.5 Å². The molecular formula is C22H24Cl2FN3O. The van der Waals surface area contributed by atoms with E-state index >= 15 is 0 Å². The Morgan fingerprint density at radius 2 is 1.90 bits per heavy atom. The molecule has 0 fully saturated rings. The molecule has 1 atom stereocenters. The van der Waals surface area contributed by atoms with E-state index in [2.05, 4.69) is 5.32 Å². The average Bonchev–Trinajstić information content (AvgIpc) is 3.02. The largest absolute Gasteiger partial charge is 0.354 e. The van der Waals surface area contributed by atoms with E-state index in [-0.39, 0.29) is 18.1 Å². The highest BCUT2D eigenvalue weighted by Gasteiger charge is 2.26. The summed E-state index contributed by atoms with van der Waals surface area (Å²) < 4.78 is 16.2.